The minimum Gasteiger partial charge on any atom is -0.386 e. The number of hydrogen-bond donors (Lipinski definition) is 2. The zero-order chi connectivity index (χ0) is 15.4. The molecule has 2 aromatic carbocycles. The van der Waals surface area contributed by atoms with E-state index in [0.717, 1.165) is 23.5 Å². The molecule has 0 fully saturated rings. The van der Waals surface area contributed by atoms with E-state index < -0.39 is 17.7 Å². The van der Waals surface area contributed by atoms with Crippen molar-refractivity contribution in [3.8, 4) is 0 Å². The van der Waals surface area contributed by atoms with Crippen molar-refractivity contribution in [3.63, 3.8) is 0 Å². The Balaban J connectivity index is 2.13. The lowest BCUT2D eigenvalue weighted by Crippen LogP contribution is -2.17. The molecule has 21 heavy (non-hydrogen) atoms. The Kier molecular flexibility index (Phi) is 4.75. The van der Waals surface area contributed by atoms with E-state index in [1.54, 1.807) is 0 Å². The Labute approximate surface area is 122 Å². The molecule has 2 aromatic rings. The fourth-order valence-corrected chi connectivity index (χ4v) is 2.15. The molecule has 1 unspecified atom stereocenters. The normalized spacial score (nSPS) is 12.0. The summed E-state index contributed by atoms with van der Waals surface area (Å²) in [4.78, 5) is 1.92. The number of nitrogens with one attached hydrogen (secondary N) is 1. The first-order chi connectivity index (χ1) is 10.0. The second-order valence-electron chi connectivity index (χ2n) is 4.94. The maximum absolute atomic E-state index is 13.6. The zero-order valence-corrected chi connectivity index (χ0v) is 12.0. The summed E-state index contributed by atoms with van der Waals surface area (Å²) in [5, 5.41) is 13.0. The van der Waals surface area contributed by atoms with Crippen molar-refractivity contribution in [1.82, 2.24) is 0 Å². The van der Waals surface area contributed by atoms with Crippen molar-refractivity contribution in [2.75, 3.05) is 30.9 Å². The topological polar surface area (TPSA) is 35.5 Å². The molecule has 2 N–H and O–H groups in total. The molecule has 5 heteroatoms. The number of rotatable bonds is 5. The average molecular weight is 292 g/mol. The van der Waals surface area contributed by atoms with Crippen LogP contribution < -0.4 is 10.2 Å². The maximum atomic E-state index is 13.6. The number of halogens is 2. The van der Waals surface area contributed by atoms with Crippen LogP contribution in [0.4, 0.5) is 20.2 Å². The Morgan fingerprint density at radius 3 is 2.29 bits per heavy atom. The lowest BCUT2D eigenvalue weighted by atomic mass is 10.1. The predicted octanol–water partition coefficient (Wildman–Crippen LogP) is 3.18. The first-order valence-corrected chi connectivity index (χ1v) is 6.63. The van der Waals surface area contributed by atoms with Crippen LogP contribution in [0.1, 0.15) is 11.7 Å². The molecule has 0 aliphatic heterocycles. The van der Waals surface area contributed by atoms with Gasteiger partial charge in [-0.1, -0.05) is 18.2 Å². The smallest absolute Gasteiger partial charge is 0.132 e. The molecule has 0 aliphatic rings. The Hall–Kier alpha value is -2.14. The summed E-state index contributed by atoms with van der Waals surface area (Å²) in [7, 11) is 3.79. The summed E-state index contributed by atoms with van der Waals surface area (Å²) in [6.45, 7) is 0.0166. The number of aliphatic hydroxyl groups is 1. The standard InChI is InChI=1S/C16H18F2N2O/c1-20(2)14-9-4-3-8-13(14)19-10-15(21)16-11(17)6-5-7-12(16)18/h3-9,15,19,21H,10H2,1-2H3. The number of para-hydroxylation sites is 2. The zero-order valence-electron chi connectivity index (χ0n) is 12.0. The number of nitrogens with zero attached hydrogens (tertiary/aromatic N) is 1. The minimum atomic E-state index is -1.26. The molecular formula is C16H18F2N2O. The van der Waals surface area contributed by atoms with Gasteiger partial charge in [-0.25, -0.2) is 8.78 Å². The maximum Gasteiger partial charge on any atom is 0.132 e. The largest absolute Gasteiger partial charge is 0.386 e. The first kappa shape index (κ1) is 15.3. The van der Waals surface area contributed by atoms with Gasteiger partial charge in [-0.3, -0.25) is 0 Å². The van der Waals surface area contributed by atoms with Crippen molar-refractivity contribution in [2.45, 2.75) is 6.10 Å². The third kappa shape index (κ3) is 3.49. The van der Waals surface area contributed by atoms with Gasteiger partial charge in [0, 0.05) is 20.6 Å². The van der Waals surface area contributed by atoms with Crippen LogP contribution in [-0.4, -0.2) is 25.7 Å². The van der Waals surface area contributed by atoms with E-state index in [-0.39, 0.29) is 12.1 Å². The van der Waals surface area contributed by atoms with Crippen molar-refractivity contribution in [2.24, 2.45) is 0 Å². The van der Waals surface area contributed by atoms with Crippen LogP contribution in [0.5, 0.6) is 0 Å². The van der Waals surface area contributed by atoms with Crippen molar-refractivity contribution in [1.29, 1.82) is 0 Å². The van der Waals surface area contributed by atoms with E-state index in [0.29, 0.717) is 0 Å². The van der Waals surface area contributed by atoms with Crippen LogP contribution in [-0.2, 0) is 0 Å². The molecule has 1 atom stereocenters. The molecule has 0 aliphatic carbocycles. The Bertz CT molecular complexity index is 597. The second-order valence-corrected chi connectivity index (χ2v) is 4.94. The molecule has 0 radical (unpaired) electrons. The van der Waals surface area contributed by atoms with Gasteiger partial charge in [0.15, 0.2) is 0 Å². The molecule has 0 spiro atoms. The highest BCUT2D eigenvalue weighted by Gasteiger charge is 2.17. The highest BCUT2D eigenvalue weighted by molar-refractivity contribution is 5.69. The van der Waals surface area contributed by atoms with Crippen molar-refractivity contribution in [3.05, 3.63) is 59.7 Å². The van der Waals surface area contributed by atoms with Crippen LogP contribution in [0.3, 0.4) is 0 Å². The minimum absolute atomic E-state index is 0.0166. The Morgan fingerprint density at radius 1 is 1.05 bits per heavy atom. The SMILES string of the molecule is CN(C)c1ccccc1NCC(O)c1c(F)cccc1F. The van der Waals surface area contributed by atoms with Gasteiger partial charge in [-0.2, -0.15) is 0 Å². The highest BCUT2D eigenvalue weighted by atomic mass is 19.1. The van der Waals surface area contributed by atoms with E-state index in [1.165, 1.54) is 6.07 Å². The molecule has 0 saturated carbocycles. The summed E-state index contributed by atoms with van der Waals surface area (Å²) in [6.07, 6.45) is -1.26. The number of benzene rings is 2. The van der Waals surface area contributed by atoms with Crippen LogP contribution in [0.25, 0.3) is 0 Å². The number of hydrogen-bond acceptors (Lipinski definition) is 3. The van der Waals surface area contributed by atoms with Gasteiger partial charge in [0.2, 0.25) is 0 Å². The van der Waals surface area contributed by atoms with E-state index in [2.05, 4.69) is 5.32 Å². The van der Waals surface area contributed by atoms with E-state index in [9.17, 15) is 13.9 Å². The highest BCUT2D eigenvalue weighted by Crippen LogP contribution is 2.26. The fourth-order valence-electron chi connectivity index (χ4n) is 2.15. The molecule has 0 amide bonds. The van der Waals surface area contributed by atoms with E-state index >= 15 is 0 Å². The number of anilines is 2. The average Bonchev–Trinajstić information content (AvgIpc) is 2.45. The first-order valence-electron chi connectivity index (χ1n) is 6.63. The summed E-state index contributed by atoms with van der Waals surface area (Å²) in [5.74, 6) is -1.49. The molecule has 2 rings (SSSR count). The van der Waals surface area contributed by atoms with E-state index in [4.69, 9.17) is 0 Å². The van der Waals surface area contributed by atoms with Crippen LogP contribution >= 0.6 is 0 Å². The van der Waals surface area contributed by atoms with Gasteiger partial charge in [0.25, 0.3) is 0 Å². The summed E-state index contributed by atoms with van der Waals surface area (Å²) < 4.78 is 27.2. The van der Waals surface area contributed by atoms with Gasteiger partial charge >= 0.3 is 0 Å². The molecular weight excluding hydrogens is 274 g/mol. The molecule has 0 aromatic heterocycles. The third-order valence-electron chi connectivity index (χ3n) is 3.20. The van der Waals surface area contributed by atoms with Crippen molar-refractivity contribution >= 4 is 11.4 Å². The predicted molar refractivity (Wildman–Crippen MR) is 80.6 cm³/mol. The quantitative estimate of drug-likeness (QED) is 0.888. The van der Waals surface area contributed by atoms with Gasteiger partial charge in [-0.15, -0.1) is 0 Å². The molecule has 0 saturated heterocycles. The van der Waals surface area contributed by atoms with Gasteiger partial charge < -0.3 is 15.3 Å². The molecule has 3 nitrogen and oxygen atoms in total. The van der Waals surface area contributed by atoms with Gasteiger partial charge in [-0.05, 0) is 24.3 Å². The summed E-state index contributed by atoms with van der Waals surface area (Å²) in [5.41, 5.74) is 1.41. The lowest BCUT2D eigenvalue weighted by molar-refractivity contribution is 0.181. The van der Waals surface area contributed by atoms with Crippen LogP contribution in [0, 0.1) is 11.6 Å². The Morgan fingerprint density at radius 2 is 1.67 bits per heavy atom. The van der Waals surface area contributed by atoms with Gasteiger partial charge in [0.1, 0.15) is 17.7 Å². The second kappa shape index (κ2) is 6.54. The summed E-state index contributed by atoms with van der Waals surface area (Å²) >= 11 is 0. The molecule has 112 valence electrons. The monoisotopic (exact) mass is 292 g/mol. The van der Waals surface area contributed by atoms with Crippen molar-refractivity contribution < 1.29 is 13.9 Å². The van der Waals surface area contributed by atoms with Crippen LogP contribution in [0.15, 0.2) is 42.5 Å². The molecule has 0 heterocycles. The molecule has 0 bridgehead atoms. The lowest BCUT2D eigenvalue weighted by Gasteiger charge is -2.20. The van der Waals surface area contributed by atoms with Crippen LogP contribution in [0.2, 0.25) is 0 Å². The van der Waals surface area contributed by atoms with Gasteiger partial charge in [0.05, 0.1) is 16.9 Å². The fraction of sp³-hybridized carbons (Fsp3) is 0.250. The number of aliphatic hydroxyl groups excluding tert-OH is 1. The van der Waals surface area contributed by atoms with E-state index in [1.807, 2.05) is 43.3 Å². The summed E-state index contributed by atoms with van der Waals surface area (Å²) in [6, 6.07) is 11.1. The third-order valence-corrected chi connectivity index (χ3v) is 3.20.